The highest BCUT2D eigenvalue weighted by Crippen LogP contribution is 2.27. The van der Waals surface area contributed by atoms with E-state index in [4.69, 9.17) is 19.3 Å². The molecule has 6 heteroatoms. The maximum Gasteiger partial charge on any atom is 0.217 e. The summed E-state index contributed by atoms with van der Waals surface area (Å²) >= 11 is 3.33. The van der Waals surface area contributed by atoms with E-state index in [0.29, 0.717) is 22.7 Å². The number of pyridine rings is 1. The smallest absolute Gasteiger partial charge is 0.217 e. The maximum absolute atomic E-state index is 8.79. The number of hydrogen-bond donors (Lipinski definition) is 1. The average Bonchev–Trinajstić information content (AvgIpc) is 2.53. The molecule has 5 nitrogen and oxygen atoms in total. The van der Waals surface area contributed by atoms with E-state index in [1.165, 1.54) is 0 Å². The Balaban J connectivity index is 1.98. The van der Waals surface area contributed by atoms with Crippen LogP contribution >= 0.6 is 15.9 Å². The summed E-state index contributed by atoms with van der Waals surface area (Å²) < 4.78 is 16.8. The van der Waals surface area contributed by atoms with Crippen molar-refractivity contribution in [3.63, 3.8) is 0 Å². The standard InChI is InChI=1S/C15H16BrNO4/c1-19-12-4-2-11(3-5-12)10-21-15-8-14(20-7-6-18)13(16)9-17-15/h2-5,8-9,18H,6-7,10H2,1H3. The van der Waals surface area contributed by atoms with Gasteiger partial charge in [-0.15, -0.1) is 0 Å². The summed E-state index contributed by atoms with van der Waals surface area (Å²) in [5.41, 5.74) is 1.01. The number of aliphatic hydroxyl groups is 1. The lowest BCUT2D eigenvalue weighted by molar-refractivity contribution is 0.199. The summed E-state index contributed by atoms with van der Waals surface area (Å²) in [4.78, 5) is 4.16. The first-order valence-corrected chi connectivity index (χ1v) is 7.17. The van der Waals surface area contributed by atoms with Crippen LogP contribution in [0.15, 0.2) is 41.0 Å². The second kappa shape index (κ2) is 7.85. The second-order valence-electron chi connectivity index (χ2n) is 4.16. The molecular formula is C15H16BrNO4. The van der Waals surface area contributed by atoms with Gasteiger partial charge in [-0.2, -0.15) is 0 Å². The van der Waals surface area contributed by atoms with Crippen molar-refractivity contribution in [2.24, 2.45) is 0 Å². The fourth-order valence-electron chi connectivity index (χ4n) is 1.63. The maximum atomic E-state index is 8.79. The molecule has 0 radical (unpaired) electrons. The molecule has 21 heavy (non-hydrogen) atoms. The van der Waals surface area contributed by atoms with Gasteiger partial charge in [-0.05, 0) is 33.6 Å². The van der Waals surface area contributed by atoms with Crippen molar-refractivity contribution in [3.05, 3.63) is 46.6 Å². The van der Waals surface area contributed by atoms with E-state index in [2.05, 4.69) is 20.9 Å². The number of halogens is 1. The third kappa shape index (κ3) is 4.61. The molecule has 0 amide bonds. The molecule has 0 unspecified atom stereocenters. The third-order valence-corrected chi connectivity index (χ3v) is 3.29. The van der Waals surface area contributed by atoms with Gasteiger partial charge in [-0.3, -0.25) is 0 Å². The van der Waals surface area contributed by atoms with Crippen LogP contribution in [0.1, 0.15) is 5.56 Å². The Bertz CT molecular complexity index is 574. The lowest BCUT2D eigenvalue weighted by Gasteiger charge is -2.10. The first-order valence-electron chi connectivity index (χ1n) is 6.38. The molecule has 0 bridgehead atoms. The normalized spacial score (nSPS) is 10.2. The molecule has 0 saturated heterocycles. The number of methoxy groups -OCH3 is 1. The topological polar surface area (TPSA) is 60.8 Å². The third-order valence-electron chi connectivity index (χ3n) is 2.69. The minimum atomic E-state index is -0.0448. The van der Waals surface area contributed by atoms with Crippen LogP contribution in [0.2, 0.25) is 0 Å². The molecule has 1 aromatic carbocycles. The predicted octanol–water partition coefficient (Wildman–Crippen LogP) is 2.80. The van der Waals surface area contributed by atoms with Gasteiger partial charge in [0.15, 0.2) is 0 Å². The highest BCUT2D eigenvalue weighted by molar-refractivity contribution is 9.10. The molecule has 0 aliphatic rings. The Morgan fingerprint density at radius 2 is 1.95 bits per heavy atom. The Kier molecular flexibility index (Phi) is 5.83. The molecule has 0 atom stereocenters. The van der Waals surface area contributed by atoms with E-state index in [-0.39, 0.29) is 13.2 Å². The molecule has 0 aliphatic heterocycles. The van der Waals surface area contributed by atoms with Gasteiger partial charge in [0.25, 0.3) is 0 Å². The summed E-state index contributed by atoms with van der Waals surface area (Å²) in [7, 11) is 1.63. The Hall–Kier alpha value is -1.79. The van der Waals surface area contributed by atoms with E-state index in [9.17, 15) is 0 Å². The van der Waals surface area contributed by atoms with E-state index in [1.54, 1.807) is 19.4 Å². The molecule has 1 N–H and O–H groups in total. The molecular weight excluding hydrogens is 338 g/mol. The molecule has 2 rings (SSSR count). The first-order chi connectivity index (χ1) is 10.2. The second-order valence-corrected chi connectivity index (χ2v) is 5.02. The Morgan fingerprint density at radius 3 is 2.62 bits per heavy atom. The van der Waals surface area contributed by atoms with Crippen LogP contribution in [0.5, 0.6) is 17.4 Å². The lowest BCUT2D eigenvalue weighted by Crippen LogP contribution is -2.03. The van der Waals surface area contributed by atoms with Gasteiger partial charge in [0.05, 0.1) is 18.2 Å². The van der Waals surface area contributed by atoms with Crippen LogP contribution in [0.25, 0.3) is 0 Å². The van der Waals surface area contributed by atoms with Crippen LogP contribution in [0, 0.1) is 0 Å². The number of aromatic nitrogens is 1. The minimum absolute atomic E-state index is 0.0448. The first kappa shape index (κ1) is 15.6. The molecule has 0 fully saturated rings. The quantitative estimate of drug-likeness (QED) is 0.829. The van der Waals surface area contributed by atoms with Crippen molar-refractivity contribution in [2.45, 2.75) is 6.61 Å². The number of ether oxygens (including phenoxy) is 3. The van der Waals surface area contributed by atoms with Crippen molar-refractivity contribution in [3.8, 4) is 17.4 Å². The number of benzene rings is 1. The van der Waals surface area contributed by atoms with Crippen LogP contribution in [-0.2, 0) is 6.61 Å². The number of hydrogen-bond acceptors (Lipinski definition) is 5. The largest absolute Gasteiger partial charge is 0.497 e. The van der Waals surface area contributed by atoms with Gasteiger partial charge in [0.2, 0.25) is 5.88 Å². The van der Waals surface area contributed by atoms with E-state index >= 15 is 0 Å². The molecule has 0 aliphatic carbocycles. The van der Waals surface area contributed by atoms with Gasteiger partial charge in [-0.1, -0.05) is 12.1 Å². The number of rotatable bonds is 7. The van der Waals surface area contributed by atoms with Crippen LogP contribution < -0.4 is 14.2 Å². The monoisotopic (exact) mass is 353 g/mol. The van der Waals surface area contributed by atoms with Gasteiger partial charge in [-0.25, -0.2) is 4.98 Å². The Morgan fingerprint density at radius 1 is 1.19 bits per heavy atom. The molecule has 1 heterocycles. The van der Waals surface area contributed by atoms with Crippen molar-refractivity contribution >= 4 is 15.9 Å². The van der Waals surface area contributed by atoms with Crippen molar-refractivity contribution in [1.82, 2.24) is 4.98 Å². The Labute approximate surface area is 131 Å². The summed E-state index contributed by atoms with van der Waals surface area (Å²) in [6.45, 7) is 0.579. The molecule has 112 valence electrons. The highest BCUT2D eigenvalue weighted by atomic mass is 79.9. The van der Waals surface area contributed by atoms with Crippen LogP contribution in [0.4, 0.5) is 0 Å². The molecule has 0 spiro atoms. The van der Waals surface area contributed by atoms with Gasteiger partial charge in [0, 0.05) is 12.3 Å². The van der Waals surface area contributed by atoms with Crippen molar-refractivity contribution < 1.29 is 19.3 Å². The SMILES string of the molecule is COc1ccc(COc2cc(OCCO)c(Br)cn2)cc1. The molecule has 2 aromatic rings. The fourth-order valence-corrected chi connectivity index (χ4v) is 1.96. The molecule has 1 aromatic heterocycles. The van der Waals surface area contributed by atoms with Gasteiger partial charge < -0.3 is 19.3 Å². The summed E-state index contributed by atoms with van der Waals surface area (Å²) in [5, 5.41) is 8.79. The summed E-state index contributed by atoms with van der Waals surface area (Å²) in [6.07, 6.45) is 1.61. The summed E-state index contributed by atoms with van der Waals surface area (Å²) in [6, 6.07) is 9.30. The van der Waals surface area contributed by atoms with E-state index in [1.807, 2.05) is 24.3 Å². The van der Waals surface area contributed by atoms with E-state index in [0.717, 1.165) is 11.3 Å². The predicted molar refractivity (Wildman–Crippen MR) is 81.8 cm³/mol. The zero-order chi connectivity index (χ0) is 15.1. The van der Waals surface area contributed by atoms with Crippen LogP contribution in [0.3, 0.4) is 0 Å². The van der Waals surface area contributed by atoms with Gasteiger partial charge >= 0.3 is 0 Å². The van der Waals surface area contributed by atoms with Gasteiger partial charge in [0.1, 0.15) is 24.7 Å². The van der Waals surface area contributed by atoms with Crippen molar-refractivity contribution in [1.29, 1.82) is 0 Å². The zero-order valence-corrected chi connectivity index (χ0v) is 13.2. The minimum Gasteiger partial charge on any atom is -0.497 e. The average molecular weight is 354 g/mol. The highest BCUT2D eigenvalue weighted by Gasteiger charge is 2.05. The number of aliphatic hydroxyl groups excluding tert-OH is 1. The summed E-state index contributed by atoms with van der Waals surface area (Å²) in [5.74, 6) is 1.85. The fraction of sp³-hybridized carbons (Fsp3) is 0.267. The van der Waals surface area contributed by atoms with Crippen molar-refractivity contribution in [2.75, 3.05) is 20.3 Å². The molecule has 0 saturated carbocycles. The van der Waals surface area contributed by atoms with Crippen LogP contribution in [-0.4, -0.2) is 30.4 Å². The van der Waals surface area contributed by atoms with E-state index < -0.39 is 0 Å². The lowest BCUT2D eigenvalue weighted by atomic mass is 10.2. The number of nitrogens with zero attached hydrogens (tertiary/aromatic N) is 1. The zero-order valence-electron chi connectivity index (χ0n) is 11.6.